The average Bonchev–Trinajstić information content (AvgIpc) is 3.71. The normalized spacial score (nSPS) is 58.2. The SMILES string of the molecule is CC(=O)OC1C(O)C2C(C(O)C3OC34CC(O)CCC24C)C2CCC(C(C)C3CC3(C)C(C)C(C)C)C21C. The summed E-state index contributed by atoms with van der Waals surface area (Å²) in [4.78, 5) is 12.5. The van der Waals surface area contributed by atoms with Gasteiger partial charge in [0.05, 0.1) is 18.3 Å². The molecule has 5 aliphatic carbocycles. The van der Waals surface area contributed by atoms with Gasteiger partial charge < -0.3 is 24.8 Å². The molecule has 16 atom stereocenters. The molecule has 6 heteroatoms. The quantitative estimate of drug-likeness (QED) is 0.354. The molecule has 38 heavy (non-hydrogen) atoms. The molecule has 6 nitrogen and oxygen atoms in total. The van der Waals surface area contributed by atoms with Crippen molar-refractivity contribution in [3.63, 3.8) is 0 Å². The summed E-state index contributed by atoms with van der Waals surface area (Å²) in [7, 11) is 0. The molecule has 1 spiro atoms. The number of aliphatic hydroxyl groups is 3. The summed E-state index contributed by atoms with van der Waals surface area (Å²) in [5.74, 6) is 2.17. The molecular weight excluding hydrogens is 480 g/mol. The summed E-state index contributed by atoms with van der Waals surface area (Å²) in [5.41, 5.74) is -1.03. The van der Waals surface area contributed by atoms with Crippen LogP contribution in [0.25, 0.3) is 0 Å². The lowest BCUT2D eigenvalue weighted by atomic mass is 9.42. The largest absolute Gasteiger partial charge is 0.459 e. The van der Waals surface area contributed by atoms with E-state index in [0.717, 1.165) is 19.3 Å². The maximum atomic E-state index is 12.5. The highest BCUT2D eigenvalue weighted by Gasteiger charge is 2.82. The third kappa shape index (κ3) is 3.30. The van der Waals surface area contributed by atoms with Crippen molar-refractivity contribution in [2.24, 2.45) is 63.6 Å². The van der Waals surface area contributed by atoms with E-state index >= 15 is 0 Å². The highest BCUT2D eigenvalue weighted by molar-refractivity contribution is 5.66. The number of carbonyl (C=O) groups excluding carboxylic acids is 1. The third-order valence-electron chi connectivity index (χ3n) is 14.2. The molecule has 16 unspecified atom stereocenters. The van der Waals surface area contributed by atoms with Crippen LogP contribution < -0.4 is 0 Å². The molecule has 0 radical (unpaired) electrons. The predicted octanol–water partition coefficient (Wildman–Crippen LogP) is 4.58. The highest BCUT2D eigenvalue weighted by atomic mass is 16.6. The zero-order valence-electron chi connectivity index (χ0n) is 24.8. The predicted molar refractivity (Wildman–Crippen MR) is 144 cm³/mol. The monoisotopic (exact) mass is 532 g/mol. The van der Waals surface area contributed by atoms with E-state index in [2.05, 4.69) is 48.5 Å². The van der Waals surface area contributed by atoms with E-state index in [-0.39, 0.29) is 35.2 Å². The van der Waals surface area contributed by atoms with Crippen LogP contribution in [0, 0.1) is 63.6 Å². The first-order chi connectivity index (χ1) is 17.6. The van der Waals surface area contributed by atoms with E-state index in [1.54, 1.807) is 0 Å². The number of fused-ring (bicyclic) bond motifs is 4. The summed E-state index contributed by atoms with van der Waals surface area (Å²) < 4.78 is 12.5. The Morgan fingerprint density at radius 1 is 0.947 bits per heavy atom. The standard InChI is InChI=1S/C32H52O6/c1-15(2)17(4)29(6)14-22(29)16(3)20-9-10-21-23-24(26(36)27(31(20,21)8)37-18(5)33)30(7)12-11-19(34)13-32(30)28(38-32)25(23)35/h15-17,19-28,34-36H,9-14H2,1-8H3. The molecule has 1 aliphatic heterocycles. The zero-order chi connectivity index (χ0) is 27.7. The molecule has 1 saturated heterocycles. The summed E-state index contributed by atoms with van der Waals surface area (Å²) in [6.45, 7) is 17.8. The van der Waals surface area contributed by atoms with E-state index < -0.39 is 35.4 Å². The van der Waals surface area contributed by atoms with Crippen molar-refractivity contribution >= 4 is 5.97 Å². The van der Waals surface area contributed by atoms with Gasteiger partial charge in [0.25, 0.3) is 0 Å². The summed E-state index contributed by atoms with van der Waals surface area (Å²) in [6, 6.07) is 0. The van der Waals surface area contributed by atoms with Gasteiger partial charge in [0.1, 0.15) is 17.8 Å². The van der Waals surface area contributed by atoms with Gasteiger partial charge in [-0.2, -0.15) is 0 Å². The Morgan fingerprint density at radius 2 is 1.63 bits per heavy atom. The van der Waals surface area contributed by atoms with Crippen LogP contribution in [0.4, 0.5) is 0 Å². The maximum absolute atomic E-state index is 12.5. The Labute approximate surface area is 229 Å². The first kappa shape index (κ1) is 27.5. The molecule has 0 aromatic heterocycles. The third-order valence-corrected chi connectivity index (χ3v) is 14.2. The minimum Gasteiger partial charge on any atom is -0.459 e. The number of aliphatic hydroxyl groups excluding tert-OH is 3. The minimum atomic E-state index is -0.866. The highest BCUT2D eigenvalue weighted by Crippen LogP contribution is 2.75. The molecule has 6 aliphatic rings. The Bertz CT molecular complexity index is 983. The topological polar surface area (TPSA) is 99.5 Å². The van der Waals surface area contributed by atoms with Gasteiger partial charge in [0, 0.05) is 30.1 Å². The molecule has 6 rings (SSSR count). The molecule has 1 heterocycles. The van der Waals surface area contributed by atoms with Gasteiger partial charge in [-0.25, -0.2) is 0 Å². The van der Waals surface area contributed by atoms with Crippen molar-refractivity contribution in [1.82, 2.24) is 0 Å². The molecule has 5 saturated carbocycles. The van der Waals surface area contributed by atoms with Gasteiger partial charge in [-0.3, -0.25) is 4.79 Å². The number of hydrogen-bond acceptors (Lipinski definition) is 6. The van der Waals surface area contributed by atoms with Crippen molar-refractivity contribution < 1.29 is 29.6 Å². The van der Waals surface area contributed by atoms with Gasteiger partial charge in [-0.05, 0) is 78.9 Å². The Balaban J connectivity index is 1.38. The molecule has 3 N–H and O–H groups in total. The number of carbonyl (C=O) groups is 1. The molecule has 216 valence electrons. The molecule has 0 bridgehead atoms. The molecule has 6 fully saturated rings. The van der Waals surface area contributed by atoms with Crippen LogP contribution in [-0.4, -0.2) is 57.4 Å². The number of epoxide rings is 1. The molecule has 0 aromatic rings. The van der Waals surface area contributed by atoms with Crippen LogP contribution in [0.1, 0.15) is 93.9 Å². The second kappa shape index (κ2) is 8.42. The fourth-order valence-corrected chi connectivity index (χ4v) is 11.7. The van der Waals surface area contributed by atoms with E-state index in [9.17, 15) is 20.1 Å². The Hall–Kier alpha value is -0.690. The lowest BCUT2D eigenvalue weighted by molar-refractivity contribution is -0.250. The van der Waals surface area contributed by atoms with Crippen LogP contribution in [0.5, 0.6) is 0 Å². The van der Waals surface area contributed by atoms with Crippen molar-refractivity contribution in [3.05, 3.63) is 0 Å². The summed E-state index contributed by atoms with van der Waals surface area (Å²) in [6.07, 6.45) is 2.34. The average molecular weight is 533 g/mol. The van der Waals surface area contributed by atoms with Gasteiger partial charge in [-0.1, -0.05) is 48.5 Å². The first-order valence-electron chi connectivity index (χ1n) is 15.5. The van der Waals surface area contributed by atoms with Crippen LogP contribution in [0.2, 0.25) is 0 Å². The maximum Gasteiger partial charge on any atom is 0.303 e. The lowest BCUT2D eigenvalue weighted by Crippen LogP contribution is -2.71. The number of hydrogen-bond donors (Lipinski definition) is 3. The minimum absolute atomic E-state index is 0.0972. The zero-order valence-corrected chi connectivity index (χ0v) is 24.8. The van der Waals surface area contributed by atoms with Gasteiger partial charge in [-0.15, -0.1) is 0 Å². The van der Waals surface area contributed by atoms with E-state index in [1.807, 2.05) is 0 Å². The van der Waals surface area contributed by atoms with Gasteiger partial charge in [0.2, 0.25) is 0 Å². The lowest BCUT2D eigenvalue weighted by Gasteiger charge is -2.63. The van der Waals surface area contributed by atoms with E-state index in [4.69, 9.17) is 9.47 Å². The smallest absolute Gasteiger partial charge is 0.303 e. The number of ether oxygens (including phenoxy) is 2. The van der Waals surface area contributed by atoms with Crippen molar-refractivity contribution in [1.29, 1.82) is 0 Å². The first-order valence-corrected chi connectivity index (χ1v) is 15.5. The van der Waals surface area contributed by atoms with Crippen molar-refractivity contribution in [3.8, 4) is 0 Å². The summed E-state index contributed by atoms with van der Waals surface area (Å²) >= 11 is 0. The Morgan fingerprint density at radius 3 is 2.26 bits per heavy atom. The van der Waals surface area contributed by atoms with Gasteiger partial charge >= 0.3 is 5.97 Å². The second-order valence-electron chi connectivity index (χ2n) is 15.7. The van der Waals surface area contributed by atoms with Crippen LogP contribution in [-0.2, 0) is 14.3 Å². The van der Waals surface area contributed by atoms with Gasteiger partial charge in [0.15, 0.2) is 0 Å². The fraction of sp³-hybridized carbons (Fsp3) is 0.969. The molecule has 0 aromatic carbocycles. The molecule has 0 amide bonds. The number of esters is 1. The van der Waals surface area contributed by atoms with Crippen LogP contribution in [0.3, 0.4) is 0 Å². The van der Waals surface area contributed by atoms with Crippen LogP contribution in [0.15, 0.2) is 0 Å². The summed E-state index contributed by atoms with van der Waals surface area (Å²) in [5, 5.41) is 34.6. The van der Waals surface area contributed by atoms with Crippen molar-refractivity contribution in [2.75, 3.05) is 0 Å². The number of rotatable bonds is 5. The van der Waals surface area contributed by atoms with E-state index in [1.165, 1.54) is 13.3 Å². The van der Waals surface area contributed by atoms with E-state index in [0.29, 0.717) is 47.8 Å². The molecular formula is C32H52O6. The second-order valence-corrected chi connectivity index (χ2v) is 15.7. The van der Waals surface area contributed by atoms with Crippen LogP contribution >= 0.6 is 0 Å². The fourth-order valence-electron chi connectivity index (χ4n) is 11.7. The van der Waals surface area contributed by atoms with Crippen molar-refractivity contribution in [2.45, 2.75) is 130 Å². The Kier molecular flexibility index (Phi) is 6.09.